The van der Waals surface area contributed by atoms with Gasteiger partial charge in [0.05, 0.1) is 5.56 Å². The summed E-state index contributed by atoms with van der Waals surface area (Å²) in [5.74, 6) is -0.880. The third-order valence-corrected chi connectivity index (χ3v) is 1.44. The minimum Gasteiger partial charge on any atom is -0.508 e. The zero-order valence-corrected chi connectivity index (χ0v) is 8.19. The summed E-state index contributed by atoms with van der Waals surface area (Å²) >= 11 is 0. The molecule has 0 unspecified atom stereocenters. The van der Waals surface area contributed by atoms with Crippen LogP contribution in [-0.4, -0.2) is 27.9 Å². The molecule has 0 aromatic heterocycles. The number of carboxylic acids is 1. The molecule has 0 spiro atoms. The highest BCUT2D eigenvalue weighted by Gasteiger charge is 2.05. The van der Waals surface area contributed by atoms with E-state index in [1.54, 1.807) is 13.8 Å². The Morgan fingerprint density at radius 3 is 2.29 bits per heavy atom. The fraction of sp³-hybridized carbons (Fsp3) is 0.300. The average Bonchev–Trinajstić information content (AvgIpc) is 2.04. The molecule has 0 amide bonds. The average molecular weight is 198 g/mol. The molecular weight excluding hydrogens is 184 g/mol. The minimum atomic E-state index is -0.970. The van der Waals surface area contributed by atoms with Crippen LogP contribution in [0.25, 0.3) is 0 Å². The third kappa shape index (κ3) is 3.91. The molecule has 0 heterocycles. The van der Waals surface area contributed by atoms with Gasteiger partial charge in [0.25, 0.3) is 0 Å². The van der Waals surface area contributed by atoms with Crippen molar-refractivity contribution in [1.82, 2.24) is 0 Å². The lowest BCUT2D eigenvalue weighted by molar-refractivity contribution is 0.0696. The van der Waals surface area contributed by atoms with E-state index in [-0.39, 0.29) is 17.9 Å². The van der Waals surface area contributed by atoms with Gasteiger partial charge in [-0.15, -0.1) is 0 Å². The van der Waals surface area contributed by atoms with Crippen molar-refractivity contribution in [3.63, 3.8) is 0 Å². The van der Waals surface area contributed by atoms with E-state index in [0.717, 1.165) is 0 Å². The summed E-state index contributed by atoms with van der Waals surface area (Å²) in [6.07, 6.45) is 0. The first-order valence-corrected chi connectivity index (χ1v) is 4.16. The predicted octanol–water partition coefficient (Wildman–Crippen LogP) is 1.40. The molecule has 78 valence electrons. The maximum Gasteiger partial charge on any atom is 0.335 e. The van der Waals surface area contributed by atoms with E-state index in [9.17, 15) is 4.79 Å². The Morgan fingerprint density at radius 1 is 1.43 bits per heavy atom. The van der Waals surface area contributed by atoms with E-state index in [1.807, 2.05) is 0 Å². The van der Waals surface area contributed by atoms with Crippen LogP contribution in [-0.2, 0) is 0 Å². The van der Waals surface area contributed by atoms with Crippen LogP contribution in [0.15, 0.2) is 18.2 Å². The maximum absolute atomic E-state index is 10.5. The molecule has 0 saturated heterocycles. The van der Waals surface area contributed by atoms with Crippen LogP contribution in [0.2, 0.25) is 0 Å². The zero-order chi connectivity index (χ0) is 11.1. The van der Waals surface area contributed by atoms with Crippen LogP contribution in [0.4, 0.5) is 0 Å². The molecule has 14 heavy (non-hydrogen) atoms. The Bertz CT molecular complexity index is 307. The molecule has 0 bridgehead atoms. The summed E-state index contributed by atoms with van der Waals surface area (Å²) in [5.41, 5.74) is 0.792. The van der Waals surface area contributed by atoms with Crippen LogP contribution in [0.1, 0.15) is 22.8 Å². The molecule has 4 heteroatoms. The number of phenolic OH excluding ortho intramolecular Hbond substituents is 1. The number of aromatic hydroxyl groups is 1. The van der Waals surface area contributed by atoms with Gasteiger partial charge in [-0.1, -0.05) is 0 Å². The van der Waals surface area contributed by atoms with Crippen molar-refractivity contribution in [1.29, 1.82) is 0 Å². The number of aliphatic hydroxyl groups is 1. The minimum absolute atomic E-state index is 0.0903. The normalized spacial score (nSPS) is 8.79. The highest BCUT2D eigenvalue weighted by molar-refractivity contribution is 5.89. The molecule has 0 aliphatic rings. The lowest BCUT2D eigenvalue weighted by Crippen LogP contribution is -1.98. The summed E-state index contributed by atoms with van der Waals surface area (Å²) in [6, 6.07) is 4.16. The van der Waals surface area contributed by atoms with E-state index in [1.165, 1.54) is 18.2 Å². The number of aryl methyl sites for hydroxylation is 1. The monoisotopic (exact) mass is 198 g/mol. The van der Waals surface area contributed by atoms with Gasteiger partial charge in [-0.2, -0.15) is 0 Å². The summed E-state index contributed by atoms with van der Waals surface area (Å²) in [6.45, 7) is 3.57. The van der Waals surface area contributed by atoms with Gasteiger partial charge in [-0.25, -0.2) is 4.79 Å². The molecular formula is C10H14O4. The first-order chi connectivity index (χ1) is 6.52. The highest BCUT2D eigenvalue weighted by atomic mass is 16.4. The van der Waals surface area contributed by atoms with Gasteiger partial charge in [-0.05, 0) is 37.6 Å². The smallest absolute Gasteiger partial charge is 0.335 e. The molecule has 0 atom stereocenters. The number of rotatable bonds is 1. The zero-order valence-electron chi connectivity index (χ0n) is 8.19. The molecule has 4 nitrogen and oxygen atoms in total. The van der Waals surface area contributed by atoms with Crippen LogP contribution in [0.5, 0.6) is 5.75 Å². The molecule has 1 rings (SSSR count). The standard InChI is InChI=1S/C8H8O3.C2H6O/c1-5-4-6(9)2-3-7(5)8(10)11;1-2-3/h2-4,9H,1H3,(H,10,11);3H,2H2,1H3. The van der Waals surface area contributed by atoms with Gasteiger partial charge in [-0.3, -0.25) is 0 Å². The van der Waals surface area contributed by atoms with E-state index in [4.69, 9.17) is 15.3 Å². The molecule has 1 aromatic carbocycles. The summed E-state index contributed by atoms with van der Waals surface area (Å²) < 4.78 is 0. The molecule has 3 N–H and O–H groups in total. The van der Waals surface area contributed by atoms with Crippen molar-refractivity contribution in [3.8, 4) is 5.75 Å². The quantitative estimate of drug-likeness (QED) is 0.637. The summed E-state index contributed by atoms with van der Waals surface area (Å²) in [4.78, 5) is 10.5. The molecule has 0 fully saturated rings. The lowest BCUT2D eigenvalue weighted by atomic mass is 10.1. The van der Waals surface area contributed by atoms with E-state index >= 15 is 0 Å². The van der Waals surface area contributed by atoms with Crippen LogP contribution in [0, 0.1) is 6.92 Å². The Balaban J connectivity index is 0.000000500. The highest BCUT2D eigenvalue weighted by Crippen LogP contribution is 2.14. The number of hydrogen-bond donors (Lipinski definition) is 3. The van der Waals surface area contributed by atoms with Crippen molar-refractivity contribution in [2.75, 3.05) is 6.61 Å². The molecule has 0 aliphatic heterocycles. The molecule has 0 radical (unpaired) electrons. The number of aliphatic hydroxyl groups excluding tert-OH is 1. The van der Waals surface area contributed by atoms with Crippen LogP contribution in [0.3, 0.4) is 0 Å². The molecule has 1 aromatic rings. The van der Waals surface area contributed by atoms with Crippen LogP contribution < -0.4 is 0 Å². The fourth-order valence-electron chi connectivity index (χ4n) is 0.888. The van der Waals surface area contributed by atoms with Gasteiger partial charge >= 0.3 is 5.97 Å². The van der Waals surface area contributed by atoms with Gasteiger partial charge in [0, 0.05) is 6.61 Å². The Labute approximate surface area is 82.4 Å². The van der Waals surface area contributed by atoms with Gasteiger partial charge in [0.1, 0.15) is 5.75 Å². The number of hydrogen-bond acceptors (Lipinski definition) is 3. The Kier molecular flexibility index (Phi) is 5.33. The Morgan fingerprint density at radius 2 is 1.93 bits per heavy atom. The van der Waals surface area contributed by atoms with Gasteiger partial charge in [0.15, 0.2) is 0 Å². The van der Waals surface area contributed by atoms with E-state index in [0.29, 0.717) is 5.56 Å². The van der Waals surface area contributed by atoms with Gasteiger partial charge < -0.3 is 15.3 Å². The van der Waals surface area contributed by atoms with Crippen molar-refractivity contribution in [2.45, 2.75) is 13.8 Å². The molecule has 0 saturated carbocycles. The molecule has 0 aliphatic carbocycles. The van der Waals surface area contributed by atoms with Crippen LogP contribution >= 0.6 is 0 Å². The fourth-order valence-corrected chi connectivity index (χ4v) is 0.888. The topological polar surface area (TPSA) is 77.8 Å². The maximum atomic E-state index is 10.5. The van der Waals surface area contributed by atoms with Gasteiger partial charge in [0.2, 0.25) is 0 Å². The lowest BCUT2D eigenvalue weighted by Gasteiger charge is -1.99. The predicted molar refractivity (Wildman–Crippen MR) is 52.6 cm³/mol. The SMILES string of the molecule is CCO.Cc1cc(O)ccc1C(=O)O. The number of carbonyl (C=O) groups is 1. The summed E-state index contributed by atoms with van der Waals surface area (Å²) in [7, 11) is 0. The van der Waals surface area contributed by atoms with Crippen molar-refractivity contribution < 1.29 is 20.1 Å². The van der Waals surface area contributed by atoms with E-state index in [2.05, 4.69) is 0 Å². The summed E-state index contributed by atoms with van der Waals surface area (Å²) in [5, 5.41) is 25.1. The second-order valence-electron chi connectivity index (χ2n) is 2.62. The first kappa shape index (κ1) is 12.4. The first-order valence-electron chi connectivity index (χ1n) is 4.16. The number of aromatic carboxylic acids is 1. The van der Waals surface area contributed by atoms with Crippen molar-refractivity contribution in [2.24, 2.45) is 0 Å². The van der Waals surface area contributed by atoms with Crippen molar-refractivity contribution in [3.05, 3.63) is 29.3 Å². The second kappa shape index (κ2) is 5.99. The Hall–Kier alpha value is -1.55. The largest absolute Gasteiger partial charge is 0.508 e. The number of phenols is 1. The number of carboxylic acid groups (broad SMARTS) is 1. The third-order valence-electron chi connectivity index (χ3n) is 1.44. The number of benzene rings is 1. The van der Waals surface area contributed by atoms with E-state index < -0.39 is 5.97 Å². The van der Waals surface area contributed by atoms with Crippen molar-refractivity contribution >= 4 is 5.97 Å². The second-order valence-corrected chi connectivity index (χ2v) is 2.62.